The van der Waals surface area contributed by atoms with E-state index in [4.69, 9.17) is 5.73 Å². The summed E-state index contributed by atoms with van der Waals surface area (Å²) in [6.07, 6.45) is 9.09. The second-order valence-corrected chi connectivity index (χ2v) is 6.39. The lowest BCUT2D eigenvalue weighted by molar-refractivity contribution is -0.118. The number of nitrogens with one attached hydrogen (secondary N) is 1. The first-order chi connectivity index (χ1) is 9.24. The maximum atomic E-state index is 11.9. The van der Waals surface area contributed by atoms with Crippen molar-refractivity contribution in [2.45, 2.75) is 46.1 Å². The normalized spacial score (nSPS) is 19.2. The Morgan fingerprint density at radius 2 is 1.95 bits per heavy atom. The molecule has 0 radical (unpaired) electrons. The Kier molecular flexibility index (Phi) is 5.17. The average molecular weight is 278 g/mol. The van der Waals surface area contributed by atoms with E-state index in [1.807, 2.05) is 25.2 Å². The summed E-state index contributed by atoms with van der Waals surface area (Å²) >= 11 is 0. The zero-order valence-corrected chi connectivity index (χ0v) is 12.9. The van der Waals surface area contributed by atoms with Gasteiger partial charge in [-0.25, -0.2) is 0 Å². The number of hydrogen-bond donors (Lipinski definition) is 3. The van der Waals surface area contributed by atoms with E-state index in [-0.39, 0.29) is 23.6 Å². The van der Waals surface area contributed by atoms with Gasteiger partial charge < -0.3 is 16.2 Å². The van der Waals surface area contributed by atoms with Crippen LogP contribution in [0.25, 0.3) is 0 Å². The number of aliphatic hydroxyl groups is 1. The lowest BCUT2D eigenvalue weighted by Gasteiger charge is -2.20. The summed E-state index contributed by atoms with van der Waals surface area (Å²) in [5.41, 5.74) is 6.61. The van der Waals surface area contributed by atoms with Gasteiger partial charge in [0.15, 0.2) is 0 Å². The Bertz CT molecular complexity index is 450. The van der Waals surface area contributed by atoms with Crippen LogP contribution in [0.1, 0.15) is 40.5 Å². The Balaban J connectivity index is 2.79. The van der Waals surface area contributed by atoms with Gasteiger partial charge in [0.1, 0.15) is 0 Å². The van der Waals surface area contributed by atoms with Crippen LogP contribution in [0.3, 0.4) is 0 Å². The summed E-state index contributed by atoms with van der Waals surface area (Å²) in [6, 6.07) is 0. The topological polar surface area (TPSA) is 75.4 Å². The predicted molar refractivity (Wildman–Crippen MR) is 81.8 cm³/mol. The molecule has 0 unspecified atom stereocenters. The Hall–Kier alpha value is -1.55. The van der Waals surface area contributed by atoms with Crippen LogP contribution < -0.4 is 11.1 Å². The molecule has 0 atom stereocenters. The molecule has 1 aliphatic rings. The van der Waals surface area contributed by atoms with E-state index in [2.05, 4.69) is 26.1 Å². The van der Waals surface area contributed by atoms with Gasteiger partial charge in [-0.2, -0.15) is 0 Å². The van der Waals surface area contributed by atoms with Gasteiger partial charge in [-0.15, -0.1) is 0 Å². The van der Waals surface area contributed by atoms with Crippen molar-refractivity contribution in [3.63, 3.8) is 0 Å². The fourth-order valence-corrected chi connectivity index (χ4v) is 1.78. The molecule has 0 spiro atoms. The van der Waals surface area contributed by atoms with Gasteiger partial charge in [0, 0.05) is 0 Å². The predicted octanol–water partition coefficient (Wildman–Crippen LogP) is 2.02. The quantitative estimate of drug-likeness (QED) is 0.532. The average Bonchev–Trinajstić information content (AvgIpc) is 3.13. The zero-order chi connectivity index (χ0) is 15.4. The molecular formula is C16H26N2O2. The van der Waals surface area contributed by atoms with Crippen molar-refractivity contribution < 1.29 is 9.90 Å². The monoisotopic (exact) mass is 278 g/mol. The van der Waals surface area contributed by atoms with E-state index >= 15 is 0 Å². The number of rotatable bonds is 5. The summed E-state index contributed by atoms with van der Waals surface area (Å²) in [4.78, 5) is 11.9. The SMILES string of the molecule is C\C=C/C(=C\C=C(/N)C(=O)NC1(CO)CC1)C(C)(C)C. The van der Waals surface area contributed by atoms with Crippen LogP contribution in [0.5, 0.6) is 0 Å². The first-order valence-electron chi connectivity index (χ1n) is 6.98. The number of aliphatic hydroxyl groups excluding tert-OH is 1. The molecule has 4 N–H and O–H groups in total. The van der Waals surface area contributed by atoms with Gasteiger partial charge in [-0.3, -0.25) is 4.79 Å². The van der Waals surface area contributed by atoms with Gasteiger partial charge >= 0.3 is 0 Å². The number of nitrogens with two attached hydrogens (primary N) is 1. The lowest BCUT2D eigenvalue weighted by atomic mass is 9.86. The van der Waals surface area contributed by atoms with E-state index < -0.39 is 5.54 Å². The minimum Gasteiger partial charge on any atom is -0.394 e. The number of hydrogen-bond acceptors (Lipinski definition) is 3. The molecule has 0 heterocycles. The molecule has 4 heteroatoms. The van der Waals surface area contributed by atoms with E-state index in [0.717, 1.165) is 18.4 Å². The number of amides is 1. The Labute approximate surface area is 121 Å². The van der Waals surface area contributed by atoms with Gasteiger partial charge in [-0.05, 0) is 36.8 Å². The van der Waals surface area contributed by atoms with Crippen LogP contribution >= 0.6 is 0 Å². The molecular weight excluding hydrogens is 252 g/mol. The standard InChI is InChI=1S/C16H26N2O2/c1-5-6-12(15(2,3)4)7-8-13(17)14(20)18-16(11-19)9-10-16/h5-8,19H,9-11,17H2,1-4H3,(H,18,20)/b6-5-,12-7+,13-8-. The van der Waals surface area contributed by atoms with Crippen molar-refractivity contribution >= 4 is 5.91 Å². The van der Waals surface area contributed by atoms with Crippen molar-refractivity contribution in [1.29, 1.82) is 0 Å². The van der Waals surface area contributed by atoms with Crippen molar-refractivity contribution in [3.8, 4) is 0 Å². The van der Waals surface area contributed by atoms with E-state index in [1.54, 1.807) is 6.08 Å². The lowest BCUT2D eigenvalue weighted by Crippen LogP contribution is -2.41. The Morgan fingerprint density at radius 1 is 1.35 bits per heavy atom. The maximum Gasteiger partial charge on any atom is 0.267 e. The highest BCUT2D eigenvalue weighted by Crippen LogP contribution is 2.34. The molecule has 1 aliphatic carbocycles. The molecule has 1 fully saturated rings. The number of allylic oxidation sites excluding steroid dienone is 5. The van der Waals surface area contributed by atoms with Crippen LogP contribution in [0.2, 0.25) is 0 Å². The molecule has 0 aromatic rings. The third-order valence-corrected chi connectivity index (χ3v) is 3.45. The number of carbonyl (C=O) groups is 1. The highest BCUT2D eigenvalue weighted by Gasteiger charge is 2.43. The first kappa shape index (κ1) is 16.5. The summed E-state index contributed by atoms with van der Waals surface area (Å²) < 4.78 is 0. The molecule has 20 heavy (non-hydrogen) atoms. The molecule has 1 amide bonds. The van der Waals surface area contributed by atoms with Gasteiger partial charge in [0.25, 0.3) is 5.91 Å². The fourth-order valence-electron chi connectivity index (χ4n) is 1.78. The highest BCUT2D eigenvalue weighted by atomic mass is 16.3. The molecule has 0 aliphatic heterocycles. The maximum absolute atomic E-state index is 11.9. The fraction of sp³-hybridized carbons (Fsp3) is 0.562. The van der Waals surface area contributed by atoms with Crippen LogP contribution in [0, 0.1) is 5.41 Å². The summed E-state index contributed by atoms with van der Waals surface area (Å²) in [5, 5.41) is 12.0. The third-order valence-electron chi connectivity index (χ3n) is 3.45. The number of carbonyl (C=O) groups excluding carboxylic acids is 1. The first-order valence-corrected chi connectivity index (χ1v) is 6.98. The molecule has 0 aromatic carbocycles. The van der Waals surface area contributed by atoms with Crippen molar-refractivity contribution in [1.82, 2.24) is 5.32 Å². The van der Waals surface area contributed by atoms with Gasteiger partial charge in [0.05, 0.1) is 17.8 Å². The summed E-state index contributed by atoms with van der Waals surface area (Å²) in [5.74, 6) is -0.318. The summed E-state index contributed by atoms with van der Waals surface area (Å²) in [7, 11) is 0. The summed E-state index contributed by atoms with van der Waals surface area (Å²) in [6.45, 7) is 8.24. The van der Waals surface area contributed by atoms with E-state index in [9.17, 15) is 9.90 Å². The zero-order valence-electron chi connectivity index (χ0n) is 12.9. The van der Waals surface area contributed by atoms with Gasteiger partial charge in [0.2, 0.25) is 0 Å². The molecule has 0 aromatic heterocycles. The molecule has 0 saturated heterocycles. The van der Waals surface area contributed by atoms with Crippen LogP contribution in [-0.2, 0) is 4.79 Å². The molecule has 112 valence electrons. The second kappa shape index (κ2) is 6.27. The second-order valence-electron chi connectivity index (χ2n) is 6.39. The van der Waals surface area contributed by atoms with E-state index in [1.165, 1.54) is 0 Å². The van der Waals surface area contributed by atoms with Crippen LogP contribution in [0.15, 0.2) is 35.6 Å². The molecule has 4 nitrogen and oxygen atoms in total. The Morgan fingerprint density at radius 3 is 2.35 bits per heavy atom. The van der Waals surface area contributed by atoms with Crippen molar-refractivity contribution in [3.05, 3.63) is 35.6 Å². The van der Waals surface area contributed by atoms with Crippen LogP contribution in [-0.4, -0.2) is 23.2 Å². The van der Waals surface area contributed by atoms with Crippen molar-refractivity contribution in [2.75, 3.05) is 6.61 Å². The largest absolute Gasteiger partial charge is 0.394 e. The minimum absolute atomic E-state index is 0.0113. The molecule has 0 bridgehead atoms. The molecule has 1 saturated carbocycles. The minimum atomic E-state index is -0.435. The van der Waals surface area contributed by atoms with E-state index in [0.29, 0.717) is 0 Å². The smallest absolute Gasteiger partial charge is 0.267 e. The van der Waals surface area contributed by atoms with Crippen LogP contribution in [0.4, 0.5) is 0 Å². The third kappa shape index (κ3) is 4.53. The highest BCUT2D eigenvalue weighted by molar-refractivity contribution is 5.93. The van der Waals surface area contributed by atoms with Crippen molar-refractivity contribution in [2.24, 2.45) is 11.1 Å². The molecule has 1 rings (SSSR count). The van der Waals surface area contributed by atoms with Gasteiger partial charge in [-0.1, -0.05) is 39.0 Å².